The van der Waals surface area contributed by atoms with Crippen molar-refractivity contribution in [3.63, 3.8) is 0 Å². The number of hydrogen-bond donors (Lipinski definition) is 7. The monoisotopic (exact) mass is 308 g/mol. The van der Waals surface area contributed by atoms with Crippen molar-refractivity contribution in [2.75, 3.05) is 19.7 Å². The number of nitrogens with two attached hydrogens (primary N) is 1. The second kappa shape index (κ2) is 10.6. The predicted molar refractivity (Wildman–Crippen MR) is 72.4 cm³/mol. The molecule has 9 nitrogen and oxygen atoms in total. The lowest BCUT2D eigenvalue weighted by Gasteiger charge is -2.20. The summed E-state index contributed by atoms with van der Waals surface area (Å²) in [7, 11) is 0. The van der Waals surface area contributed by atoms with E-state index < -0.39 is 42.7 Å². The molecule has 0 aromatic carbocycles. The number of unbranched alkanes of at least 4 members (excludes halogenated alkanes) is 1. The molecule has 0 bridgehead atoms. The molecule has 0 amide bonds. The molecule has 9 heteroatoms. The quantitative estimate of drug-likeness (QED) is 0.183. The van der Waals surface area contributed by atoms with Gasteiger partial charge in [-0.3, -0.25) is 9.59 Å². The fourth-order valence-electron chi connectivity index (χ4n) is 1.56. The maximum atomic E-state index is 11.5. The van der Waals surface area contributed by atoms with Crippen molar-refractivity contribution < 1.29 is 35.1 Å². The largest absolute Gasteiger partial charge is 0.480 e. The Morgan fingerprint density at radius 2 is 1.76 bits per heavy atom. The van der Waals surface area contributed by atoms with Gasteiger partial charge in [-0.2, -0.15) is 0 Å². The summed E-state index contributed by atoms with van der Waals surface area (Å²) in [6.45, 7) is -0.548. The number of Topliss-reactive ketones (excluding diaryl/α,β-unsaturated/α-hetero) is 1. The lowest BCUT2D eigenvalue weighted by atomic mass is 10.0. The highest BCUT2D eigenvalue weighted by molar-refractivity contribution is 5.85. The van der Waals surface area contributed by atoms with Crippen LogP contribution in [0, 0.1) is 0 Å². The third-order valence-corrected chi connectivity index (χ3v) is 2.97. The van der Waals surface area contributed by atoms with E-state index in [0.29, 0.717) is 25.8 Å². The lowest BCUT2D eigenvalue weighted by Crippen LogP contribution is -2.46. The molecule has 0 radical (unpaired) electrons. The van der Waals surface area contributed by atoms with Crippen molar-refractivity contribution in [1.82, 2.24) is 5.32 Å². The van der Waals surface area contributed by atoms with Crippen LogP contribution >= 0.6 is 0 Å². The smallest absolute Gasteiger partial charge is 0.320 e. The standard InChI is InChI=1S/C12H24N2O7/c13-7(12(20)21)3-1-2-4-14-5-8(16)10(18)11(19)9(17)6-15/h7,9-11,14-15,17-19H,1-6,13H2,(H,20,21)/t7?,9-,10?,11-/m1/s1. The minimum absolute atomic E-state index is 0.207. The predicted octanol–water partition coefficient (Wildman–Crippen LogP) is -3.20. The number of hydrogen-bond acceptors (Lipinski definition) is 8. The topological polar surface area (TPSA) is 173 Å². The van der Waals surface area contributed by atoms with Gasteiger partial charge in [0.05, 0.1) is 13.2 Å². The molecular formula is C12H24N2O7. The zero-order valence-corrected chi connectivity index (χ0v) is 11.7. The molecule has 0 saturated carbocycles. The molecule has 8 N–H and O–H groups in total. The summed E-state index contributed by atoms with van der Waals surface area (Å²) < 4.78 is 0. The van der Waals surface area contributed by atoms with E-state index in [1.807, 2.05) is 0 Å². The zero-order chi connectivity index (χ0) is 16.4. The molecule has 0 heterocycles. The molecule has 21 heavy (non-hydrogen) atoms. The fourth-order valence-corrected chi connectivity index (χ4v) is 1.56. The van der Waals surface area contributed by atoms with E-state index >= 15 is 0 Å². The number of carboxylic acids is 1. The Balaban J connectivity index is 3.77. The molecule has 0 fully saturated rings. The number of aliphatic hydroxyl groups excluding tert-OH is 4. The van der Waals surface area contributed by atoms with E-state index in [9.17, 15) is 19.8 Å². The van der Waals surface area contributed by atoms with Crippen LogP contribution in [0.3, 0.4) is 0 Å². The average molecular weight is 308 g/mol. The summed E-state index contributed by atoms with van der Waals surface area (Å²) in [5.74, 6) is -1.77. The Hall–Kier alpha value is -1.10. The summed E-state index contributed by atoms with van der Waals surface area (Å²) in [4.78, 5) is 21.9. The number of ketones is 1. The van der Waals surface area contributed by atoms with Gasteiger partial charge in [-0.15, -0.1) is 0 Å². The van der Waals surface area contributed by atoms with Gasteiger partial charge in [-0.25, -0.2) is 0 Å². The van der Waals surface area contributed by atoms with E-state index in [4.69, 9.17) is 21.1 Å². The zero-order valence-electron chi connectivity index (χ0n) is 11.7. The highest BCUT2D eigenvalue weighted by Gasteiger charge is 2.29. The number of aliphatic hydroxyl groups is 4. The Kier molecular flexibility index (Phi) is 10.0. The first-order valence-corrected chi connectivity index (χ1v) is 6.68. The van der Waals surface area contributed by atoms with Crippen molar-refractivity contribution >= 4 is 11.8 Å². The van der Waals surface area contributed by atoms with E-state index in [-0.39, 0.29) is 6.54 Å². The van der Waals surface area contributed by atoms with Crippen molar-refractivity contribution in [3.05, 3.63) is 0 Å². The van der Waals surface area contributed by atoms with Crippen LogP contribution in [0.25, 0.3) is 0 Å². The van der Waals surface area contributed by atoms with Gasteiger partial charge < -0.3 is 36.6 Å². The first-order chi connectivity index (χ1) is 9.81. The van der Waals surface area contributed by atoms with Gasteiger partial charge in [0.15, 0.2) is 5.78 Å². The molecule has 0 rings (SSSR count). The minimum Gasteiger partial charge on any atom is -0.480 e. The highest BCUT2D eigenvalue weighted by atomic mass is 16.4. The highest BCUT2D eigenvalue weighted by Crippen LogP contribution is 2.01. The molecule has 0 saturated heterocycles. The maximum absolute atomic E-state index is 11.5. The summed E-state index contributed by atoms with van der Waals surface area (Å²) in [5, 5.41) is 47.7. The van der Waals surface area contributed by atoms with Gasteiger partial charge in [-0.1, -0.05) is 6.42 Å². The Bertz CT molecular complexity index is 327. The van der Waals surface area contributed by atoms with E-state index in [2.05, 4.69) is 5.32 Å². The fraction of sp³-hybridized carbons (Fsp3) is 0.833. The van der Waals surface area contributed by atoms with Gasteiger partial charge in [0.1, 0.15) is 24.4 Å². The van der Waals surface area contributed by atoms with Crippen LogP contribution in [0.4, 0.5) is 0 Å². The van der Waals surface area contributed by atoms with Crippen molar-refractivity contribution in [1.29, 1.82) is 0 Å². The number of rotatable bonds is 12. The van der Waals surface area contributed by atoms with Gasteiger partial charge in [0, 0.05) is 0 Å². The molecule has 2 unspecified atom stereocenters. The molecule has 0 aromatic heterocycles. The molecule has 0 aliphatic carbocycles. The number of carboxylic acid groups (broad SMARTS) is 1. The summed E-state index contributed by atoms with van der Waals surface area (Å²) in [6.07, 6.45) is -3.59. The Morgan fingerprint density at radius 3 is 2.29 bits per heavy atom. The normalized spacial score (nSPS) is 17.0. The third kappa shape index (κ3) is 8.05. The SMILES string of the molecule is NC(CCCCNCC(=O)C(O)[C@H](O)[C@H](O)CO)C(=O)O. The number of carbonyl (C=O) groups excluding carboxylic acids is 1. The van der Waals surface area contributed by atoms with Crippen molar-refractivity contribution in [2.24, 2.45) is 5.73 Å². The molecule has 0 aliphatic rings. The summed E-state index contributed by atoms with van der Waals surface area (Å²) >= 11 is 0. The van der Waals surface area contributed by atoms with Crippen LogP contribution in [0.2, 0.25) is 0 Å². The first kappa shape index (κ1) is 19.9. The van der Waals surface area contributed by atoms with Crippen molar-refractivity contribution in [3.8, 4) is 0 Å². The molecule has 124 valence electrons. The van der Waals surface area contributed by atoms with E-state index in [1.54, 1.807) is 0 Å². The first-order valence-electron chi connectivity index (χ1n) is 6.68. The van der Waals surface area contributed by atoms with Gasteiger partial charge in [0.2, 0.25) is 0 Å². The summed E-state index contributed by atoms with van der Waals surface area (Å²) in [6, 6.07) is -0.899. The molecule has 0 aromatic rings. The molecule has 0 spiro atoms. The van der Waals surface area contributed by atoms with Crippen LogP contribution in [-0.2, 0) is 9.59 Å². The minimum atomic E-state index is -1.78. The number of aliphatic carboxylic acids is 1. The Labute approximate surface area is 122 Å². The third-order valence-electron chi connectivity index (χ3n) is 2.97. The number of carbonyl (C=O) groups is 2. The van der Waals surface area contributed by atoms with E-state index in [1.165, 1.54) is 0 Å². The lowest BCUT2D eigenvalue weighted by molar-refractivity contribution is -0.139. The molecule has 4 atom stereocenters. The van der Waals surface area contributed by atoms with Crippen LogP contribution in [0.1, 0.15) is 19.3 Å². The van der Waals surface area contributed by atoms with Crippen molar-refractivity contribution in [2.45, 2.75) is 43.6 Å². The van der Waals surface area contributed by atoms with Crippen LogP contribution < -0.4 is 11.1 Å². The second-order valence-corrected chi connectivity index (χ2v) is 4.77. The van der Waals surface area contributed by atoms with Crippen LogP contribution in [0.15, 0.2) is 0 Å². The van der Waals surface area contributed by atoms with Crippen LogP contribution in [0.5, 0.6) is 0 Å². The van der Waals surface area contributed by atoms with Crippen LogP contribution in [-0.4, -0.2) is 81.3 Å². The maximum Gasteiger partial charge on any atom is 0.320 e. The van der Waals surface area contributed by atoms with Gasteiger partial charge in [0.25, 0.3) is 0 Å². The summed E-state index contributed by atoms with van der Waals surface area (Å²) in [5.41, 5.74) is 5.31. The molecule has 0 aliphatic heterocycles. The van der Waals surface area contributed by atoms with E-state index in [0.717, 1.165) is 0 Å². The van der Waals surface area contributed by atoms with Gasteiger partial charge in [-0.05, 0) is 19.4 Å². The average Bonchev–Trinajstić information content (AvgIpc) is 2.47. The Morgan fingerprint density at radius 1 is 1.14 bits per heavy atom. The second-order valence-electron chi connectivity index (χ2n) is 4.77. The number of nitrogens with one attached hydrogen (secondary N) is 1. The van der Waals surface area contributed by atoms with Gasteiger partial charge >= 0.3 is 5.97 Å². The molecular weight excluding hydrogens is 284 g/mol.